The second kappa shape index (κ2) is 7.05. The number of hydrogen-bond acceptors (Lipinski definition) is 1. The molecule has 0 aliphatic heterocycles. The van der Waals surface area contributed by atoms with Crippen molar-refractivity contribution in [2.45, 2.75) is 13.0 Å². The minimum Gasteiger partial charge on any atom is -0.341 e. The molecule has 0 aliphatic rings. The molecule has 2 rings (SSSR count). The van der Waals surface area contributed by atoms with E-state index in [-0.39, 0.29) is 22.9 Å². The molecule has 0 N–H and O–H groups in total. The Balaban J connectivity index is 2.08. The highest BCUT2D eigenvalue weighted by atomic mass is 79.9. The van der Waals surface area contributed by atoms with E-state index in [4.69, 9.17) is 11.6 Å². The molecule has 0 heterocycles. The van der Waals surface area contributed by atoms with E-state index >= 15 is 0 Å². The van der Waals surface area contributed by atoms with Crippen molar-refractivity contribution in [3.8, 4) is 0 Å². The van der Waals surface area contributed by atoms with Crippen molar-refractivity contribution >= 4 is 33.4 Å². The summed E-state index contributed by atoms with van der Waals surface area (Å²) in [6.07, 6.45) is -0.0491. The van der Waals surface area contributed by atoms with Crippen LogP contribution in [-0.4, -0.2) is 17.9 Å². The number of amides is 1. The van der Waals surface area contributed by atoms with Gasteiger partial charge in [0.1, 0.15) is 5.82 Å². The van der Waals surface area contributed by atoms with Crippen molar-refractivity contribution < 1.29 is 9.18 Å². The van der Waals surface area contributed by atoms with Gasteiger partial charge in [-0.2, -0.15) is 0 Å². The van der Waals surface area contributed by atoms with Crippen LogP contribution in [0.3, 0.4) is 0 Å². The third kappa shape index (κ3) is 4.05. The van der Waals surface area contributed by atoms with Crippen molar-refractivity contribution in [1.82, 2.24) is 4.90 Å². The monoisotopic (exact) mass is 369 g/mol. The van der Waals surface area contributed by atoms with Crippen LogP contribution in [0.4, 0.5) is 4.39 Å². The van der Waals surface area contributed by atoms with Gasteiger partial charge in [0.2, 0.25) is 5.91 Å². The van der Waals surface area contributed by atoms with E-state index in [1.165, 1.54) is 12.1 Å². The van der Waals surface area contributed by atoms with Crippen LogP contribution >= 0.6 is 27.5 Å². The lowest BCUT2D eigenvalue weighted by Gasteiger charge is -2.18. The molecular formula is C16H14BrClFNO. The smallest absolute Gasteiger partial charge is 0.227 e. The number of nitrogens with zero attached hydrogens (tertiary/aromatic N) is 1. The summed E-state index contributed by atoms with van der Waals surface area (Å²) < 4.78 is 14.6. The Morgan fingerprint density at radius 3 is 2.62 bits per heavy atom. The third-order valence-corrected chi connectivity index (χ3v) is 4.31. The molecule has 0 aliphatic carbocycles. The van der Waals surface area contributed by atoms with Gasteiger partial charge in [-0.25, -0.2) is 4.39 Å². The summed E-state index contributed by atoms with van der Waals surface area (Å²) in [6, 6.07) is 12.1. The van der Waals surface area contributed by atoms with Crippen molar-refractivity contribution in [3.63, 3.8) is 0 Å². The van der Waals surface area contributed by atoms with E-state index in [1.807, 2.05) is 24.3 Å². The maximum Gasteiger partial charge on any atom is 0.227 e. The number of rotatable bonds is 4. The molecule has 110 valence electrons. The van der Waals surface area contributed by atoms with Crippen LogP contribution in [0.5, 0.6) is 0 Å². The molecule has 0 aromatic heterocycles. The van der Waals surface area contributed by atoms with Crippen LogP contribution in [-0.2, 0) is 17.8 Å². The van der Waals surface area contributed by atoms with Gasteiger partial charge in [-0.15, -0.1) is 0 Å². The van der Waals surface area contributed by atoms with Gasteiger partial charge >= 0.3 is 0 Å². The zero-order chi connectivity index (χ0) is 15.4. The largest absolute Gasteiger partial charge is 0.341 e. The fraction of sp³-hybridized carbons (Fsp3) is 0.188. The summed E-state index contributed by atoms with van der Waals surface area (Å²) in [7, 11) is 1.69. The van der Waals surface area contributed by atoms with Gasteiger partial charge in [0, 0.05) is 28.7 Å². The summed E-state index contributed by atoms with van der Waals surface area (Å²) in [5.74, 6) is -0.636. The van der Waals surface area contributed by atoms with Crippen molar-refractivity contribution in [2.24, 2.45) is 0 Å². The molecule has 21 heavy (non-hydrogen) atoms. The molecule has 1 amide bonds. The molecular weight excluding hydrogens is 357 g/mol. The maximum absolute atomic E-state index is 13.7. The molecule has 0 radical (unpaired) electrons. The highest BCUT2D eigenvalue weighted by Gasteiger charge is 2.16. The summed E-state index contributed by atoms with van der Waals surface area (Å²) in [5, 5.41) is 0.276. The SMILES string of the molecule is CN(Cc1ccccc1Br)C(=O)Cc1c(F)cccc1Cl. The van der Waals surface area contributed by atoms with Gasteiger partial charge in [0.15, 0.2) is 0 Å². The quantitative estimate of drug-likeness (QED) is 0.779. The average molecular weight is 371 g/mol. The fourth-order valence-corrected chi connectivity index (χ4v) is 2.60. The first-order valence-corrected chi connectivity index (χ1v) is 7.56. The van der Waals surface area contributed by atoms with E-state index in [2.05, 4.69) is 15.9 Å². The second-order valence-electron chi connectivity index (χ2n) is 4.72. The zero-order valence-corrected chi connectivity index (χ0v) is 13.8. The molecule has 0 fully saturated rings. The van der Waals surface area contributed by atoms with Crippen LogP contribution < -0.4 is 0 Å². The lowest BCUT2D eigenvalue weighted by atomic mass is 10.1. The first kappa shape index (κ1) is 16.0. The standard InChI is InChI=1S/C16H14BrClFNO/c1-20(10-11-5-2-3-6-13(11)17)16(21)9-12-14(18)7-4-8-15(12)19/h2-8H,9-10H2,1H3. The van der Waals surface area contributed by atoms with Gasteiger partial charge in [-0.1, -0.05) is 51.8 Å². The first-order valence-electron chi connectivity index (χ1n) is 6.39. The van der Waals surface area contributed by atoms with Gasteiger partial charge in [0.05, 0.1) is 6.42 Å². The van der Waals surface area contributed by atoms with Gasteiger partial charge < -0.3 is 4.90 Å². The Labute approximate surface area is 136 Å². The first-order chi connectivity index (χ1) is 9.99. The predicted octanol–water partition coefficient (Wildman–Crippen LogP) is 4.44. The number of carbonyl (C=O) groups excluding carboxylic acids is 1. The van der Waals surface area contributed by atoms with Crippen molar-refractivity contribution in [3.05, 3.63) is 68.9 Å². The third-order valence-electron chi connectivity index (χ3n) is 3.18. The predicted molar refractivity (Wildman–Crippen MR) is 85.7 cm³/mol. The lowest BCUT2D eigenvalue weighted by molar-refractivity contribution is -0.129. The summed E-state index contributed by atoms with van der Waals surface area (Å²) in [4.78, 5) is 13.8. The Morgan fingerprint density at radius 1 is 1.24 bits per heavy atom. The molecule has 2 aromatic rings. The van der Waals surface area contributed by atoms with Crippen LogP contribution in [0.2, 0.25) is 5.02 Å². The number of benzene rings is 2. The molecule has 0 atom stereocenters. The minimum atomic E-state index is -0.454. The van der Waals surface area contributed by atoms with Crippen LogP contribution in [0.25, 0.3) is 0 Å². The highest BCUT2D eigenvalue weighted by molar-refractivity contribution is 9.10. The zero-order valence-electron chi connectivity index (χ0n) is 11.4. The van der Waals surface area contributed by atoms with Crippen molar-refractivity contribution in [1.29, 1.82) is 0 Å². The van der Waals surface area contributed by atoms with E-state index < -0.39 is 5.82 Å². The Morgan fingerprint density at radius 2 is 1.95 bits per heavy atom. The van der Waals surface area contributed by atoms with E-state index in [9.17, 15) is 9.18 Å². The normalized spacial score (nSPS) is 10.5. The number of hydrogen-bond donors (Lipinski definition) is 0. The lowest BCUT2D eigenvalue weighted by Crippen LogP contribution is -2.28. The summed E-state index contributed by atoms with van der Waals surface area (Å²) in [6.45, 7) is 0.451. The Hall–Kier alpha value is -1.39. The maximum atomic E-state index is 13.7. The Kier molecular flexibility index (Phi) is 5.37. The molecule has 0 saturated heterocycles. The van der Waals surface area contributed by atoms with Gasteiger partial charge in [-0.3, -0.25) is 4.79 Å². The molecule has 0 bridgehead atoms. The minimum absolute atomic E-state index is 0.0491. The van der Waals surface area contributed by atoms with E-state index in [1.54, 1.807) is 18.0 Å². The highest BCUT2D eigenvalue weighted by Crippen LogP contribution is 2.21. The van der Waals surface area contributed by atoms with Crippen LogP contribution in [0, 0.1) is 5.82 Å². The number of likely N-dealkylation sites (N-methyl/N-ethyl adjacent to an activating group) is 1. The topological polar surface area (TPSA) is 20.3 Å². The molecule has 0 unspecified atom stereocenters. The summed E-state index contributed by atoms with van der Waals surface area (Å²) in [5.41, 5.74) is 1.23. The van der Waals surface area contributed by atoms with Gasteiger partial charge in [0.25, 0.3) is 0 Å². The van der Waals surface area contributed by atoms with Crippen molar-refractivity contribution in [2.75, 3.05) is 7.05 Å². The Bertz CT molecular complexity index is 642. The number of carbonyl (C=O) groups is 1. The van der Waals surface area contributed by atoms with E-state index in [0.29, 0.717) is 6.54 Å². The molecule has 2 aromatic carbocycles. The molecule has 0 saturated carbocycles. The second-order valence-corrected chi connectivity index (χ2v) is 5.98. The molecule has 2 nitrogen and oxygen atoms in total. The molecule has 0 spiro atoms. The number of halogens is 3. The fourth-order valence-electron chi connectivity index (χ4n) is 1.96. The van der Waals surface area contributed by atoms with Crippen LogP contribution in [0.15, 0.2) is 46.9 Å². The van der Waals surface area contributed by atoms with Crippen LogP contribution in [0.1, 0.15) is 11.1 Å². The average Bonchev–Trinajstić information content (AvgIpc) is 2.45. The van der Waals surface area contributed by atoms with E-state index in [0.717, 1.165) is 10.0 Å². The summed E-state index contributed by atoms with van der Waals surface area (Å²) >= 11 is 9.39. The van der Waals surface area contributed by atoms with Gasteiger partial charge in [-0.05, 0) is 23.8 Å². The molecule has 5 heteroatoms.